The van der Waals surface area contributed by atoms with Gasteiger partial charge in [-0.3, -0.25) is 4.79 Å². The quantitative estimate of drug-likeness (QED) is 0.725. The second kappa shape index (κ2) is 8.44. The normalized spacial score (nSPS) is 19.7. The zero-order valence-electron chi connectivity index (χ0n) is 17.3. The van der Waals surface area contributed by atoms with Crippen LogP contribution in [-0.2, 0) is 11.2 Å². The number of aromatic amines is 1. The molecule has 4 rings (SSSR count). The topological polar surface area (TPSA) is 68.4 Å². The number of ketones is 1. The number of rotatable bonds is 5. The molecule has 0 unspecified atom stereocenters. The first-order valence-electron chi connectivity index (χ1n) is 10.6. The summed E-state index contributed by atoms with van der Waals surface area (Å²) >= 11 is 0. The molecule has 1 heterocycles. The first-order chi connectivity index (χ1) is 14.1. The minimum atomic E-state index is -0.337. The number of hydrogen-bond donors (Lipinski definition) is 1. The summed E-state index contributed by atoms with van der Waals surface area (Å²) in [5.41, 5.74) is 3.81. The molecule has 0 aliphatic heterocycles. The molecule has 1 aromatic carbocycles. The van der Waals surface area contributed by atoms with Gasteiger partial charge in [0.1, 0.15) is 11.4 Å². The molecule has 5 nitrogen and oxygen atoms in total. The van der Waals surface area contributed by atoms with E-state index in [0.29, 0.717) is 36.6 Å². The maximum absolute atomic E-state index is 12.9. The minimum Gasteiger partial charge on any atom is -0.497 e. The van der Waals surface area contributed by atoms with Crippen LogP contribution in [0, 0.1) is 12.8 Å². The Kier molecular flexibility index (Phi) is 5.74. The van der Waals surface area contributed by atoms with Crippen molar-refractivity contribution in [1.82, 2.24) is 4.98 Å². The molecule has 0 bridgehead atoms. The molecule has 0 spiro atoms. The molecule has 29 heavy (non-hydrogen) atoms. The van der Waals surface area contributed by atoms with Gasteiger partial charge < -0.3 is 14.5 Å². The number of ether oxygens (including phenoxy) is 2. The average Bonchev–Trinajstić information content (AvgIpc) is 3.10. The zero-order valence-corrected chi connectivity index (χ0v) is 17.3. The van der Waals surface area contributed by atoms with Crippen LogP contribution in [0.5, 0.6) is 5.75 Å². The Morgan fingerprint density at radius 2 is 1.83 bits per heavy atom. The summed E-state index contributed by atoms with van der Waals surface area (Å²) in [4.78, 5) is 28.8. The number of methoxy groups -OCH3 is 1. The van der Waals surface area contributed by atoms with Crippen molar-refractivity contribution in [1.29, 1.82) is 0 Å². The number of fused-ring (bicyclic) bond motifs is 1. The van der Waals surface area contributed by atoms with Gasteiger partial charge in [0.15, 0.2) is 5.78 Å². The van der Waals surface area contributed by atoms with Gasteiger partial charge >= 0.3 is 5.97 Å². The second-order valence-electron chi connectivity index (χ2n) is 8.38. The number of esters is 1. The summed E-state index contributed by atoms with van der Waals surface area (Å²) in [6, 6.07) is 7.86. The van der Waals surface area contributed by atoms with Crippen molar-refractivity contribution in [2.75, 3.05) is 13.7 Å². The number of carbonyl (C=O) groups excluding carboxylic acids is 2. The summed E-state index contributed by atoms with van der Waals surface area (Å²) < 4.78 is 10.8. The first-order valence-corrected chi connectivity index (χ1v) is 10.6. The molecular formula is C24H29NO4. The van der Waals surface area contributed by atoms with E-state index in [1.807, 2.05) is 31.2 Å². The largest absolute Gasteiger partial charge is 0.497 e. The van der Waals surface area contributed by atoms with Crippen molar-refractivity contribution in [3.05, 3.63) is 52.3 Å². The molecule has 0 saturated heterocycles. The number of Topliss-reactive ketones (excluding diaryl/α,β-unsaturated/α-hetero) is 1. The average molecular weight is 395 g/mol. The third kappa shape index (κ3) is 4.09. The van der Waals surface area contributed by atoms with E-state index in [-0.39, 0.29) is 17.7 Å². The van der Waals surface area contributed by atoms with E-state index in [9.17, 15) is 9.59 Å². The lowest BCUT2D eigenvalue weighted by atomic mass is 9.81. The van der Waals surface area contributed by atoms with E-state index in [4.69, 9.17) is 9.47 Å². The number of benzene rings is 1. The fraction of sp³-hybridized carbons (Fsp3) is 0.500. The Labute approximate surface area is 171 Å². The Balaban J connectivity index is 1.49. The van der Waals surface area contributed by atoms with Crippen LogP contribution < -0.4 is 4.74 Å². The van der Waals surface area contributed by atoms with E-state index in [1.165, 1.54) is 19.3 Å². The highest BCUT2D eigenvalue weighted by molar-refractivity contribution is 6.03. The van der Waals surface area contributed by atoms with E-state index in [2.05, 4.69) is 4.98 Å². The van der Waals surface area contributed by atoms with Crippen LogP contribution in [0.4, 0.5) is 0 Å². The molecule has 1 N–H and O–H groups in total. The number of carbonyl (C=O) groups is 2. The molecule has 1 saturated carbocycles. The lowest BCUT2D eigenvalue weighted by Crippen LogP contribution is -2.18. The summed E-state index contributed by atoms with van der Waals surface area (Å²) in [6.45, 7) is 2.32. The lowest BCUT2D eigenvalue weighted by Gasteiger charge is -2.22. The molecule has 5 heteroatoms. The minimum absolute atomic E-state index is 0.0900. The molecule has 2 aliphatic carbocycles. The smallest absolute Gasteiger partial charge is 0.355 e. The molecule has 154 valence electrons. The lowest BCUT2D eigenvalue weighted by molar-refractivity contribution is 0.0403. The van der Waals surface area contributed by atoms with Gasteiger partial charge in [0.05, 0.1) is 13.7 Å². The van der Waals surface area contributed by atoms with Crippen LogP contribution in [-0.4, -0.2) is 30.5 Å². The molecule has 2 aliphatic rings. The van der Waals surface area contributed by atoms with E-state index in [1.54, 1.807) is 7.11 Å². The zero-order chi connectivity index (χ0) is 20.4. The molecule has 2 aromatic rings. The SMILES string of the molecule is COc1ccc([C@H]2CC(=O)c3c([nH]c(C(=O)OCC4CCCCC4)c3C)C2)cc1. The predicted molar refractivity (Wildman–Crippen MR) is 111 cm³/mol. The third-order valence-corrected chi connectivity index (χ3v) is 6.46. The maximum atomic E-state index is 12.9. The summed E-state index contributed by atoms with van der Waals surface area (Å²) in [7, 11) is 1.64. The fourth-order valence-electron chi connectivity index (χ4n) is 4.77. The van der Waals surface area contributed by atoms with Gasteiger partial charge in [0, 0.05) is 17.7 Å². The monoisotopic (exact) mass is 395 g/mol. The van der Waals surface area contributed by atoms with Crippen LogP contribution in [0.25, 0.3) is 0 Å². The number of nitrogens with one attached hydrogen (secondary N) is 1. The van der Waals surface area contributed by atoms with Gasteiger partial charge in [-0.2, -0.15) is 0 Å². The van der Waals surface area contributed by atoms with Crippen molar-refractivity contribution in [2.45, 2.75) is 57.8 Å². The summed E-state index contributed by atoms with van der Waals surface area (Å²) in [5, 5.41) is 0. The van der Waals surface area contributed by atoms with Crippen molar-refractivity contribution < 1.29 is 19.1 Å². The molecule has 1 atom stereocenters. The van der Waals surface area contributed by atoms with Crippen LogP contribution >= 0.6 is 0 Å². The Bertz CT molecular complexity index is 890. The summed E-state index contributed by atoms with van der Waals surface area (Å²) in [5.74, 6) is 1.13. The molecule has 0 amide bonds. The van der Waals surface area contributed by atoms with Gasteiger partial charge in [0.25, 0.3) is 0 Å². The van der Waals surface area contributed by atoms with Gasteiger partial charge in [-0.1, -0.05) is 31.4 Å². The molecule has 0 radical (unpaired) electrons. The highest BCUT2D eigenvalue weighted by Gasteiger charge is 2.32. The van der Waals surface area contributed by atoms with Crippen LogP contribution in [0.15, 0.2) is 24.3 Å². The number of hydrogen-bond acceptors (Lipinski definition) is 4. The highest BCUT2D eigenvalue weighted by atomic mass is 16.5. The van der Waals surface area contributed by atoms with Gasteiger partial charge in [0.2, 0.25) is 0 Å². The first kappa shape index (κ1) is 19.7. The van der Waals surface area contributed by atoms with Crippen LogP contribution in [0.1, 0.15) is 82.1 Å². The highest BCUT2D eigenvalue weighted by Crippen LogP contribution is 2.35. The van der Waals surface area contributed by atoms with Crippen molar-refractivity contribution in [3.63, 3.8) is 0 Å². The van der Waals surface area contributed by atoms with Crippen LogP contribution in [0.2, 0.25) is 0 Å². The van der Waals surface area contributed by atoms with Crippen LogP contribution in [0.3, 0.4) is 0 Å². The number of H-pyrrole nitrogens is 1. The Morgan fingerprint density at radius 1 is 1.10 bits per heavy atom. The van der Waals surface area contributed by atoms with Crippen molar-refractivity contribution >= 4 is 11.8 Å². The Hall–Kier alpha value is -2.56. The van der Waals surface area contributed by atoms with Crippen molar-refractivity contribution in [3.8, 4) is 5.75 Å². The summed E-state index contributed by atoms with van der Waals surface area (Å²) in [6.07, 6.45) is 7.16. The van der Waals surface area contributed by atoms with Gasteiger partial charge in [-0.15, -0.1) is 0 Å². The van der Waals surface area contributed by atoms with Gasteiger partial charge in [-0.05, 0) is 61.3 Å². The van der Waals surface area contributed by atoms with Crippen molar-refractivity contribution in [2.24, 2.45) is 5.92 Å². The van der Waals surface area contributed by atoms with E-state index >= 15 is 0 Å². The number of aromatic nitrogens is 1. The third-order valence-electron chi connectivity index (χ3n) is 6.46. The standard InChI is InChI=1S/C24H29NO4/c1-15-22-20(25-23(15)24(27)29-14-16-6-4-3-5-7-16)12-18(13-21(22)26)17-8-10-19(28-2)11-9-17/h8-11,16,18,25H,3-7,12-14H2,1-2H3/t18-/m1/s1. The fourth-order valence-corrected chi connectivity index (χ4v) is 4.77. The maximum Gasteiger partial charge on any atom is 0.355 e. The van der Waals surface area contributed by atoms with E-state index < -0.39 is 0 Å². The Morgan fingerprint density at radius 3 is 2.52 bits per heavy atom. The molecule has 1 aromatic heterocycles. The molecule has 1 fully saturated rings. The molecular weight excluding hydrogens is 366 g/mol. The van der Waals surface area contributed by atoms with E-state index in [0.717, 1.165) is 35.4 Å². The second-order valence-corrected chi connectivity index (χ2v) is 8.38. The van der Waals surface area contributed by atoms with Gasteiger partial charge in [-0.25, -0.2) is 4.79 Å². The predicted octanol–water partition coefficient (Wildman–Crippen LogP) is 4.98.